The van der Waals surface area contributed by atoms with Crippen LogP contribution in [-0.4, -0.2) is 55.0 Å². The van der Waals surface area contributed by atoms with E-state index in [4.69, 9.17) is 14.6 Å². The summed E-state index contributed by atoms with van der Waals surface area (Å²) in [5, 5.41) is 15.8. The Labute approximate surface area is 119 Å². The third-order valence-corrected chi connectivity index (χ3v) is 3.06. The molecule has 0 atom stereocenters. The number of ether oxygens (including phenoxy) is 2. The number of halogens is 1. The maximum atomic E-state index is 11.8. The minimum Gasteiger partial charge on any atom is -0.394 e. The van der Waals surface area contributed by atoms with E-state index in [9.17, 15) is 4.79 Å². The van der Waals surface area contributed by atoms with E-state index in [1.165, 1.54) is 10.9 Å². The van der Waals surface area contributed by atoms with Gasteiger partial charge in [-0.25, -0.2) is 4.68 Å². The quantitative estimate of drug-likeness (QED) is 0.621. The number of anilines is 1. The zero-order valence-corrected chi connectivity index (χ0v) is 12.4. The molecule has 0 fully saturated rings. The minimum absolute atomic E-state index is 0.126. The van der Waals surface area contributed by atoms with Crippen molar-refractivity contribution in [1.82, 2.24) is 9.78 Å². The lowest BCUT2D eigenvalue weighted by Gasteiger charge is -2.10. The van der Waals surface area contributed by atoms with Gasteiger partial charge in [0.05, 0.1) is 44.9 Å². The molecule has 19 heavy (non-hydrogen) atoms. The minimum atomic E-state index is -0.278. The number of nitrogens with one attached hydrogen (secondary N) is 1. The van der Waals surface area contributed by atoms with Gasteiger partial charge >= 0.3 is 0 Å². The maximum Gasteiger partial charge on any atom is 0.283 e. The lowest BCUT2D eigenvalue weighted by molar-refractivity contribution is 0.0759. The van der Waals surface area contributed by atoms with E-state index in [1.807, 2.05) is 0 Å². The number of methoxy groups -OCH3 is 1. The molecule has 108 valence electrons. The van der Waals surface area contributed by atoms with Gasteiger partial charge in [0.15, 0.2) is 0 Å². The van der Waals surface area contributed by atoms with Crippen LogP contribution in [0.4, 0.5) is 5.69 Å². The summed E-state index contributed by atoms with van der Waals surface area (Å²) in [5.41, 5.74) is 0.328. The number of nitrogens with zero attached hydrogens (tertiary/aromatic N) is 2. The lowest BCUT2D eigenvalue weighted by Crippen LogP contribution is -2.26. The Morgan fingerprint density at radius 1 is 1.47 bits per heavy atom. The number of hydrogen-bond acceptors (Lipinski definition) is 6. The van der Waals surface area contributed by atoms with Crippen LogP contribution in [0.25, 0.3) is 0 Å². The number of hydrogen-bond donors (Lipinski definition) is 2. The highest BCUT2D eigenvalue weighted by molar-refractivity contribution is 9.10. The fourth-order valence-corrected chi connectivity index (χ4v) is 1.79. The summed E-state index contributed by atoms with van der Waals surface area (Å²) < 4.78 is 11.7. The Balaban J connectivity index is 2.46. The monoisotopic (exact) mass is 335 g/mol. The molecule has 0 aromatic carbocycles. The van der Waals surface area contributed by atoms with Crippen LogP contribution in [0.2, 0.25) is 0 Å². The van der Waals surface area contributed by atoms with E-state index >= 15 is 0 Å². The van der Waals surface area contributed by atoms with Crippen molar-refractivity contribution in [2.45, 2.75) is 6.54 Å². The van der Waals surface area contributed by atoms with Gasteiger partial charge in [-0.2, -0.15) is 5.10 Å². The van der Waals surface area contributed by atoms with E-state index in [0.29, 0.717) is 36.5 Å². The Hall–Kier alpha value is -0.960. The molecule has 1 aromatic heterocycles. The molecule has 0 spiro atoms. The molecule has 0 aliphatic carbocycles. The second-order valence-corrected chi connectivity index (χ2v) is 4.45. The van der Waals surface area contributed by atoms with Crippen molar-refractivity contribution in [3.63, 3.8) is 0 Å². The largest absolute Gasteiger partial charge is 0.394 e. The van der Waals surface area contributed by atoms with Gasteiger partial charge < -0.3 is 19.9 Å². The fourth-order valence-electron chi connectivity index (χ4n) is 1.34. The molecule has 0 radical (unpaired) electrons. The maximum absolute atomic E-state index is 11.8. The molecule has 0 aliphatic heterocycles. The second-order valence-electron chi connectivity index (χ2n) is 3.66. The summed E-state index contributed by atoms with van der Waals surface area (Å²) in [6.45, 7) is 2.22. The van der Waals surface area contributed by atoms with Crippen LogP contribution < -0.4 is 10.9 Å². The third-order valence-electron chi connectivity index (χ3n) is 2.29. The van der Waals surface area contributed by atoms with E-state index < -0.39 is 0 Å². The van der Waals surface area contributed by atoms with Gasteiger partial charge in [0.2, 0.25) is 0 Å². The van der Waals surface area contributed by atoms with Gasteiger partial charge in [-0.3, -0.25) is 4.79 Å². The average Bonchev–Trinajstić information content (AvgIpc) is 2.41. The Bertz CT molecular complexity index is 438. The first-order chi connectivity index (χ1) is 9.20. The molecule has 0 unspecified atom stereocenters. The molecule has 0 aliphatic rings. The Kier molecular flexibility index (Phi) is 7.65. The molecule has 0 saturated heterocycles. The van der Waals surface area contributed by atoms with Crippen LogP contribution in [0, 0.1) is 0 Å². The van der Waals surface area contributed by atoms with Crippen molar-refractivity contribution in [2.24, 2.45) is 0 Å². The van der Waals surface area contributed by atoms with Gasteiger partial charge in [-0.05, 0) is 15.9 Å². The van der Waals surface area contributed by atoms with Crippen LogP contribution >= 0.6 is 15.9 Å². The fraction of sp³-hybridized carbons (Fsp3) is 0.636. The molecular weight excluding hydrogens is 318 g/mol. The van der Waals surface area contributed by atoms with Crippen molar-refractivity contribution < 1.29 is 14.6 Å². The molecule has 2 N–H and O–H groups in total. The van der Waals surface area contributed by atoms with Gasteiger partial charge in [0.1, 0.15) is 4.47 Å². The highest BCUT2D eigenvalue weighted by Crippen LogP contribution is 2.15. The molecular formula is C11H18BrN3O4. The Morgan fingerprint density at radius 2 is 2.26 bits per heavy atom. The number of aromatic nitrogens is 2. The first kappa shape index (κ1) is 16.1. The zero-order valence-electron chi connectivity index (χ0n) is 10.8. The predicted octanol–water partition coefficient (Wildman–Crippen LogP) is 0.0730. The summed E-state index contributed by atoms with van der Waals surface area (Å²) in [5.74, 6) is 0. The average molecular weight is 336 g/mol. The van der Waals surface area contributed by atoms with Gasteiger partial charge in [-0.1, -0.05) is 0 Å². The smallest absolute Gasteiger partial charge is 0.283 e. The second kappa shape index (κ2) is 9.03. The summed E-state index contributed by atoms with van der Waals surface area (Å²) in [4.78, 5) is 11.8. The van der Waals surface area contributed by atoms with Crippen LogP contribution in [-0.2, 0) is 16.0 Å². The number of aliphatic hydroxyl groups excluding tert-OH is 1. The van der Waals surface area contributed by atoms with E-state index in [2.05, 4.69) is 26.3 Å². The van der Waals surface area contributed by atoms with Crippen molar-refractivity contribution in [1.29, 1.82) is 0 Å². The van der Waals surface area contributed by atoms with E-state index in [-0.39, 0.29) is 18.7 Å². The normalized spacial score (nSPS) is 10.7. The molecule has 0 bridgehead atoms. The molecule has 1 heterocycles. The molecule has 1 rings (SSSR count). The molecule has 0 amide bonds. The first-order valence-electron chi connectivity index (χ1n) is 5.87. The van der Waals surface area contributed by atoms with Crippen LogP contribution in [0.15, 0.2) is 15.5 Å². The molecule has 8 heteroatoms. The first-order valence-corrected chi connectivity index (χ1v) is 6.67. The Morgan fingerprint density at radius 3 is 2.95 bits per heavy atom. The number of aliphatic hydroxyl groups is 1. The van der Waals surface area contributed by atoms with E-state index in [0.717, 1.165) is 0 Å². The zero-order chi connectivity index (χ0) is 14.1. The van der Waals surface area contributed by atoms with Crippen molar-refractivity contribution in [2.75, 3.05) is 45.4 Å². The lowest BCUT2D eigenvalue weighted by atomic mass is 10.4. The SMILES string of the molecule is COCCOCCNc1cnn(CCO)c(=O)c1Br. The highest BCUT2D eigenvalue weighted by Gasteiger charge is 2.07. The van der Waals surface area contributed by atoms with Gasteiger partial charge in [0.25, 0.3) is 5.56 Å². The van der Waals surface area contributed by atoms with Gasteiger partial charge in [-0.15, -0.1) is 0 Å². The third kappa shape index (κ3) is 5.27. The van der Waals surface area contributed by atoms with Crippen molar-refractivity contribution in [3.8, 4) is 0 Å². The predicted molar refractivity (Wildman–Crippen MR) is 74.5 cm³/mol. The van der Waals surface area contributed by atoms with Crippen LogP contribution in [0.5, 0.6) is 0 Å². The van der Waals surface area contributed by atoms with Gasteiger partial charge in [0, 0.05) is 13.7 Å². The molecule has 7 nitrogen and oxygen atoms in total. The standard InChI is InChI=1S/C11H18BrN3O4/c1-18-6-7-19-5-2-13-9-8-14-15(3-4-16)11(17)10(9)12/h8,13,16H,2-7H2,1H3. The van der Waals surface area contributed by atoms with Crippen molar-refractivity contribution in [3.05, 3.63) is 21.0 Å². The summed E-state index contributed by atoms with van der Waals surface area (Å²) in [6, 6.07) is 0. The molecule has 1 aromatic rings. The van der Waals surface area contributed by atoms with Crippen molar-refractivity contribution >= 4 is 21.6 Å². The summed E-state index contributed by atoms with van der Waals surface area (Å²) in [6.07, 6.45) is 1.54. The topological polar surface area (TPSA) is 85.6 Å². The molecule has 0 saturated carbocycles. The summed E-state index contributed by atoms with van der Waals surface area (Å²) in [7, 11) is 1.62. The summed E-state index contributed by atoms with van der Waals surface area (Å²) >= 11 is 3.22. The van der Waals surface area contributed by atoms with Crippen LogP contribution in [0.3, 0.4) is 0 Å². The highest BCUT2D eigenvalue weighted by atomic mass is 79.9. The van der Waals surface area contributed by atoms with E-state index in [1.54, 1.807) is 7.11 Å². The van der Waals surface area contributed by atoms with Crippen LogP contribution in [0.1, 0.15) is 0 Å². The number of rotatable bonds is 9.